The van der Waals surface area contributed by atoms with Gasteiger partial charge in [-0.2, -0.15) is 4.31 Å². The van der Waals surface area contributed by atoms with Crippen LogP contribution in [0.5, 0.6) is 5.75 Å². The van der Waals surface area contributed by atoms with E-state index >= 15 is 0 Å². The first-order valence-electron chi connectivity index (χ1n) is 8.74. The average molecular weight is 396 g/mol. The normalized spacial score (nSPS) is 16.0. The molecule has 2 aromatic carbocycles. The van der Waals surface area contributed by atoms with Gasteiger partial charge in [0.25, 0.3) is 0 Å². The standard InChI is InChI=1S/C19H22F2N2O3S/c1-14(2)26-16-4-6-17(7-5-16)27(24,25)23-11-9-22(10-12-23)15-3-8-18(20)19(21)13-15/h3-8,13-14H,9-12H2,1-2H3. The molecule has 1 saturated heterocycles. The van der Waals surface area contributed by atoms with Crippen LogP contribution in [-0.4, -0.2) is 45.0 Å². The highest BCUT2D eigenvalue weighted by molar-refractivity contribution is 7.89. The third-order valence-corrected chi connectivity index (χ3v) is 6.25. The topological polar surface area (TPSA) is 49.9 Å². The Balaban J connectivity index is 1.68. The van der Waals surface area contributed by atoms with Gasteiger partial charge in [0.05, 0.1) is 11.0 Å². The lowest BCUT2D eigenvalue weighted by molar-refractivity contribution is 0.242. The summed E-state index contributed by atoms with van der Waals surface area (Å²) in [6.45, 7) is 5.14. The van der Waals surface area contributed by atoms with E-state index in [2.05, 4.69) is 0 Å². The van der Waals surface area contributed by atoms with Gasteiger partial charge in [0.2, 0.25) is 10.0 Å². The van der Waals surface area contributed by atoms with Gasteiger partial charge in [-0.25, -0.2) is 17.2 Å². The van der Waals surface area contributed by atoms with Gasteiger partial charge < -0.3 is 9.64 Å². The van der Waals surface area contributed by atoms with Gasteiger partial charge in [0.1, 0.15) is 5.75 Å². The van der Waals surface area contributed by atoms with E-state index in [1.165, 1.54) is 22.5 Å². The number of hydrogen-bond acceptors (Lipinski definition) is 4. The monoisotopic (exact) mass is 396 g/mol. The highest BCUT2D eigenvalue weighted by Gasteiger charge is 2.28. The number of hydrogen-bond donors (Lipinski definition) is 0. The van der Waals surface area contributed by atoms with Crippen LogP contribution in [0.25, 0.3) is 0 Å². The van der Waals surface area contributed by atoms with Crippen LogP contribution in [0.4, 0.5) is 14.5 Å². The first kappa shape index (κ1) is 19.6. The van der Waals surface area contributed by atoms with Gasteiger partial charge in [0, 0.05) is 37.9 Å². The van der Waals surface area contributed by atoms with Crippen molar-refractivity contribution in [2.24, 2.45) is 0 Å². The van der Waals surface area contributed by atoms with E-state index in [4.69, 9.17) is 4.74 Å². The van der Waals surface area contributed by atoms with E-state index < -0.39 is 21.7 Å². The molecule has 0 saturated carbocycles. The Labute approximate surface area is 158 Å². The molecule has 0 aliphatic carbocycles. The summed E-state index contributed by atoms with van der Waals surface area (Å²) in [6, 6.07) is 10.1. The van der Waals surface area contributed by atoms with Gasteiger partial charge in [-0.1, -0.05) is 0 Å². The van der Waals surface area contributed by atoms with Crippen molar-refractivity contribution in [2.75, 3.05) is 31.1 Å². The fourth-order valence-corrected chi connectivity index (χ4v) is 4.40. The second-order valence-electron chi connectivity index (χ2n) is 6.63. The van der Waals surface area contributed by atoms with Crippen molar-refractivity contribution in [3.05, 3.63) is 54.1 Å². The second kappa shape index (κ2) is 7.82. The van der Waals surface area contributed by atoms with Crippen LogP contribution < -0.4 is 9.64 Å². The summed E-state index contributed by atoms with van der Waals surface area (Å²) < 4.78 is 59.1. The zero-order valence-electron chi connectivity index (χ0n) is 15.2. The number of rotatable bonds is 5. The van der Waals surface area contributed by atoms with Crippen molar-refractivity contribution < 1.29 is 21.9 Å². The number of sulfonamides is 1. The van der Waals surface area contributed by atoms with E-state index in [1.54, 1.807) is 12.1 Å². The van der Waals surface area contributed by atoms with Crippen molar-refractivity contribution in [1.82, 2.24) is 4.31 Å². The molecule has 2 aromatic rings. The molecule has 8 heteroatoms. The summed E-state index contributed by atoms with van der Waals surface area (Å²) in [5, 5.41) is 0. The van der Waals surface area contributed by atoms with Gasteiger partial charge in [-0.15, -0.1) is 0 Å². The summed E-state index contributed by atoms with van der Waals surface area (Å²) in [7, 11) is -3.61. The summed E-state index contributed by atoms with van der Waals surface area (Å²) in [5.74, 6) is -1.19. The molecule has 1 heterocycles. The predicted molar refractivity (Wildman–Crippen MR) is 99.5 cm³/mol. The molecule has 0 aromatic heterocycles. The maximum Gasteiger partial charge on any atom is 0.243 e. The van der Waals surface area contributed by atoms with E-state index in [1.807, 2.05) is 18.7 Å². The van der Waals surface area contributed by atoms with Gasteiger partial charge >= 0.3 is 0 Å². The van der Waals surface area contributed by atoms with Crippen LogP contribution in [-0.2, 0) is 10.0 Å². The minimum atomic E-state index is -3.61. The molecule has 27 heavy (non-hydrogen) atoms. The predicted octanol–water partition coefficient (Wildman–Crippen LogP) is 3.26. The molecular weight excluding hydrogens is 374 g/mol. The molecule has 0 atom stereocenters. The minimum absolute atomic E-state index is 0.0110. The highest BCUT2D eigenvalue weighted by Crippen LogP contribution is 2.24. The van der Waals surface area contributed by atoms with E-state index in [0.717, 1.165) is 12.1 Å². The third kappa shape index (κ3) is 4.39. The molecule has 0 radical (unpaired) electrons. The van der Waals surface area contributed by atoms with Crippen molar-refractivity contribution >= 4 is 15.7 Å². The summed E-state index contributed by atoms with van der Waals surface area (Å²) >= 11 is 0. The quantitative estimate of drug-likeness (QED) is 0.779. The average Bonchev–Trinajstić information content (AvgIpc) is 2.64. The first-order valence-corrected chi connectivity index (χ1v) is 10.2. The van der Waals surface area contributed by atoms with E-state index in [9.17, 15) is 17.2 Å². The summed E-state index contributed by atoms with van der Waals surface area (Å²) in [5.41, 5.74) is 0.543. The molecule has 5 nitrogen and oxygen atoms in total. The number of anilines is 1. The van der Waals surface area contributed by atoms with Crippen LogP contribution in [0.1, 0.15) is 13.8 Å². The van der Waals surface area contributed by atoms with Gasteiger partial charge in [-0.05, 0) is 50.2 Å². The Morgan fingerprint density at radius 3 is 2.11 bits per heavy atom. The van der Waals surface area contributed by atoms with Crippen molar-refractivity contribution in [3.8, 4) is 5.75 Å². The Morgan fingerprint density at radius 2 is 1.56 bits per heavy atom. The third-order valence-electron chi connectivity index (χ3n) is 4.34. The number of benzene rings is 2. The molecule has 0 amide bonds. The number of piperazine rings is 1. The molecule has 0 N–H and O–H groups in total. The van der Waals surface area contributed by atoms with Gasteiger partial charge in [-0.3, -0.25) is 0 Å². The Kier molecular flexibility index (Phi) is 5.67. The minimum Gasteiger partial charge on any atom is -0.491 e. The van der Waals surface area contributed by atoms with Crippen LogP contribution in [0, 0.1) is 11.6 Å². The summed E-state index contributed by atoms with van der Waals surface area (Å²) in [6.07, 6.45) is 0.0110. The zero-order valence-corrected chi connectivity index (χ0v) is 16.0. The lowest BCUT2D eigenvalue weighted by atomic mass is 10.2. The first-order chi connectivity index (χ1) is 12.8. The SMILES string of the molecule is CC(C)Oc1ccc(S(=O)(=O)N2CCN(c3ccc(F)c(F)c3)CC2)cc1. The Morgan fingerprint density at radius 1 is 0.926 bits per heavy atom. The Hall–Kier alpha value is -2.19. The van der Waals surface area contributed by atoms with Crippen LogP contribution in [0.15, 0.2) is 47.4 Å². The molecule has 0 spiro atoms. The maximum atomic E-state index is 13.4. The fraction of sp³-hybridized carbons (Fsp3) is 0.368. The lowest BCUT2D eigenvalue weighted by Gasteiger charge is -2.35. The van der Waals surface area contributed by atoms with Crippen molar-refractivity contribution in [3.63, 3.8) is 0 Å². The second-order valence-corrected chi connectivity index (χ2v) is 8.57. The summed E-state index contributed by atoms with van der Waals surface area (Å²) in [4.78, 5) is 2.05. The largest absolute Gasteiger partial charge is 0.491 e. The molecule has 0 bridgehead atoms. The molecule has 1 aliphatic rings. The lowest BCUT2D eigenvalue weighted by Crippen LogP contribution is -2.48. The molecule has 146 valence electrons. The highest BCUT2D eigenvalue weighted by atomic mass is 32.2. The smallest absolute Gasteiger partial charge is 0.243 e. The van der Waals surface area contributed by atoms with Crippen molar-refractivity contribution in [1.29, 1.82) is 0 Å². The molecule has 1 fully saturated rings. The Bertz CT molecular complexity index is 894. The number of nitrogens with zero attached hydrogens (tertiary/aromatic N) is 2. The number of ether oxygens (including phenoxy) is 1. The van der Waals surface area contributed by atoms with Crippen LogP contribution in [0.3, 0.4) is 0 Å². The van der Waals surface area contributed by atoms with Crippen molar-refractivity contribution in [2.45, 2.75) is 24.8 Å². The molecular formula is C19H22F2N2O3S. The van der Waals surface area contributed by atoms with Crippen LogP contribution >= 0.6 is 0 Å². The molecule has 1 aliphatic heterocycles. The van der Waals surface area contributed by atoms with Gasteiger partial charge in [0.15, 0.2) is 11.6 Å². The van der Waals surface area contributed by atoms with E-state index in [0.29, 0.717) is 24.5 Å². The maximum absolute atomic E-state index is 13.4. The van der Waals surface area contributed by atoms with Crippen LogP contribution in [0.2, 0.25) is 0 Å². The molecule has 3 rings (SSSR count). The van der Waals surface area contributed by atoms with E-state index in [-0.39, 0.29) is 24.1 Å². The molecule has 0 unspecified atom stereocenters. The zero-order chi connectivity index (χ0) is 19.6. The number of halogens is 2. The fourth-order valence-electron chi connectivity index (χ4n) is 2.98.